The molecule has 0 radical (unpaired) electrons. The van der Waals surface area contributed by atoms with Crippen LogP contribution >= 0.6 is 0 Å². The van der Waals surface area contributed by atoms with Crippen molar-refractivity contribution in [1.82, 2.24) is 4.90 Å². The lowest BCUT2D eigenvalue weighted by atomic mass is 9.73. The third kappa shape index (κ3) is 4.03. The number of hydrogen-bond donors (Lipinski definition) is 0. The lowest BCUT2D eigenvalue weighted by molar-refractivity contribution is 0.00302. The van der Waals surface area contributed by atoms with Gasteiger partial charge in [0.15, 0.2) is 0 Å². The molecule has 3 rings (SSSR count). The Bertz CT molecular complexity index is 272. The molecule has 0 amide bonds. The van der Waals surface area contributed by atoms with Crippen molar-refractivity contribution in [1.29, 1.82) is 0 Å². The van der Waals surface area contributed by atoms with Crippen molar-refractivity contribution >= 4 is 0 Å². The van der Waals surface area contributed by atoms with E-state index in [1.807, 2.05) is 0 Å². The molecule has 3 aliphatic rings. The fourth-order valence-electron chi connectivity index (χ4n) is 5.69. The number of fused-ring (bicyclic) bond motifs is 2. The second-order valence-electron chi connectivity index (χ2n) is 8.25. The maximum atomic E-state index is 2.88. The summed E-state index contributed by atoms with van der Waals surface area (Å²) in [5.41, 5.74) is 0. The third-order valence-electron chi connectivity index (χ3n) is 6.89. The maximum absolute atomic E-state index is 2.88. The summed E-state index contributed by atoms with van der Waals surface area (Å²) in [6, 6.07) is 1.84. The molecule has 3 fully saturated rings. The Morgan fingerprint density at radius 1 is 0.524 bits per heavy atom. The minimum Gasteiger partial charge on any atom is -0.300 e. The average molecular weight is 292 g/mol. The summed E-state index contributed by atoms with van der Waals surface area (Å²) < 4.78 is 0. The zero-order valence-electron chi connectivity index (χ0n) is 14.4. The molecule has 2 saturated carbocycles. The van der Waals surface area contributed by atoms with Gasteiger partial charge in [-0.1, -0.05) is 64.2 Å². The second kappa shape index (κ2) is 7.99. The lowest BCUT2D eigenvalue weighted by Crippen LogP contribution is -2.53. The van der Waals surface area contributed by atoms with E-state index in [1.165, 1.54) is 89.9 Å². The minimum absolute atomic E-state index is 0.921. The van der Waals surface area contributed by atoms with Crippen LogP contribution in [0.25, 0.3) is 0 Å². The molecule has 0 aromatic heterocycles. The van der Waals surface area contributed by atoms with E-state index >= 15 is 0 Å². The molecule has 1 saturated heterocycles. The van der Waals surface area contributed by atoms with Gasteiger partial charge in [-0.25, -0.2) is 0 Å². The molecular weight excluding hydrogens is 254 g/mol. The Morgan fingerprint density at radius 2 is 0.905 bits per heavy atom. The van der Waals surface area contributed by atoms with Crippen molar-refractivity contribution in [2.24, 2.45) is 11.8 Å². The molecule has 4 unspecified atom stereocenters. The molecule has 1 heteroatoms. The standard InChI is InChI=1S/C20H37N/c1-21-19-14-10-6-2-4-8-12-17(19)16-18-13-9-5-3-7-11-15-20(18)21/h17-20H,2-16H2,1H3. The van der Waals surface area contributed by atoms with Crippen LogP contribution in [0.5, 0.6) is 0 Å². The van der Waals surface area contributed by atoms with Crippen LogP contribution in [0.2, 0.25) is 0 Å². The van der Waals surface area contributed by atoms with Crippen LogP contribution < -0.4 is 0 Å². The zero-order chi connectivity index (χ0) is 14.5. The van der Waals surface area contributed by atoms with E-state index in [0.717, 1.165) is 23.9 Å². The van der Waals surface area contributed by atoms with Gasteiger partial charge in [0.2, 0.25) is 0 Å². The van der Waals surface area contributed by atoms with Crippen molar-refractivity contribution in [3.63, 3.8) is 0 Å². The number of piperidine rings is 1. The molecule has 21 heavy (non-hydrogen) atoms. The lowest BCUT2D eigenvalue weighted by Gasteiger charge is -2.49. The normalized spacial score (nSPS) is 40.4. The molecule has 0 aromatic rings. The summed E-state index contributed by atoms with van der Waals surface area (Å²) >= 11 is 0. The molecule has 2 aliphatic carbocycles. The van der Waals surface area contributed by atoms with E-state index in [4.69, 9.17) is 0 Å². The molecular formula is C20H37N. The zero-order valence-corrected chi connectivity index (χ0v) is 14.4. The van der Waals surface area contributed by atoms with Gasteiger partial charge in [0.1, 0.15) is 0 Å². The molecule has 0 spiro atoms. The topological polar surface area (TPSA) is 3.24 Å². The molecule has 0 N–H and O–H groups in total. The van der Waals surface area contributed by atoms with Crippen LogP contribution in [0, 0.1) is 11.8 Å². The van der Waals surface area contributed by atoms with Gasteiger partial charge in [-0.15, -0.1) is 0 Å². The minimum atomic E-state index is 0.921. The van der Waals surface area contributed by atoms with E-state index in [2.05, 4.69) is 11.9 Å². The van der Waals surface area contributed by atoms with Gasteiger partial charge in [0.25, 0.3) is 0 Å². The van der Waals surface area contributed by atoms with Crippen molar-refractivity contribution < 1.29 is 0 Å². The first kappa shape index (κ1) is 15.8. The van der Waals surface area contributed by atoms with Gasteiger partial charge in [-0.2, -0.15) is 0 Å². The quantitative estimate of drug-likeness (QED) is 0.547. The highest BCUT2D eigenvalue weighted by atomic mass is 15.2. The van der Waals surface area contributed by atoms with Gasteiger partial charge >= 0.3 is 0 Å². The van der Waals surface area contributed by atoms with Gasteiger partial charge in [-0.3, -0.25) is 4.90 Å². The van der Waals surface area contributed by atoms with Crippen molar-refractivity contribution in [2.45, 2.75) is 108 Å². The summed E-state index contributed by atoms with van der Waals surface area (Å²) in [6.45, 7) is 0. The highest BCUT2D eigenvalue weighted by Crippen LogP contribution is 2.41. The Balaban J connectivity index is 1.71. The van der Waals surface area contributed by atoms with E-state index in [9.17, 15) is 0 Å². The molecule has 4 atom stereocenters. The Morgan fingerprint density at radius 3 is 1.38 bits per heavy atom. The van der Waals surface area contributed by atoms with Gasteiger partial charge in [0.05, 0.1) is 0 Å². The molecule has 1 nitrogen and oxygen atoms in total. The Labute approximate surface area is 132 Å². The molecule has 0 aromatic carbocycles. The van der Waals surface area contributed by atoms with Crippen LogP contribution in [0.1, 0.15) is 96.3 Å². The van der Waals surface area contributed by atoms with Gasteiger partial charge in [-0.05, 0) is 51.0 Å². The predicted octanol–water partition coefficient (Wildman–Crippen LogP) is 5.78. The van der Waals surface area contributed by atoms with Crippen LogP contribution in [-0.4, -0.2) is 24.0 Å². The van der Waals surface area contributed by atoms with Crippen LogP contribution in [-0.2, 0) is 0 Å². The van der Waals surface area contributed by atoms with Gasteiger partial charge < -0.3 is 0 Å². The SMILES string of the molecule is CN1C2CCCCCCCC2CC2CCCCCCCC21. The van der Waals surface area contributed by atoms with Crippen molar-refractivity contribution in [2.75, 3.05) is 7.05 Å². The Kier molecular flexibility index (Phi) is 6.03. The predicted molar refractivity (Wildman–Crippen MR) is 91.6 cm³/mol. The van der Waals surface area contributed by atoms with Crippen LogP contribution in [0.3, 0.4) is 0 Å². The van der Waals surface area contributed by atoms with Crippen LogP contribution in [0.15, 0.2) is 0 Å². The summed E-state index contributed by atoms with van der Waals surface area (Å²) in [6.07, 6.45) is 22.6. The number of likely N-dealkylation sites (tertiary alicyclic amines) is 1. The molecule has 122 valence electrons. The number of nitrogens with zero attached hydrogens (tertiary/aromatic N) is 1. The average Bonchev–Trinajstić information content (AvgIpc) is 2.67. The monoisotopic (exact) mass is 291 g/mol. The third-order valence-corrected chi connectivity index (χ3v) is 6.89. The first-order chi connectivity index (χ1) is 10.4. The van der Waals surface area contributed by atoms with Crippen LogP contribution in [0.4, 0.5) is 0 Å². The molecule has 1 aliphatic heterocycles. The summed E-state index contributed by atoms with van der Waals surface area (Å²) in [7, 11) is 2.49. The number of rotatable bonds is 0. The maximum Gasteiger partial charge on any atom is 0.0124 e. The first-order valence-corrected chi connectivity index (χ1v) is 10.1. The first-order valence-electron chi connectivity index (χ1n) is 10.1. The largest absolute Gasteiger partial charge is 0.300 e. The van der Waals surface area contributed by atoms with Gasteiger partial charge in [0, 0.05) is 12.1 Å². The molecule has 1 heterocycles. The molecule has 0 bridgehead atoms. The highest BCUT2D eigenvalue weighted by Gasteiger charge is 2.39. The van der Waals surface area contributed by atoms with E-state index in [-0.39, 0.29) is 0 Å². The van der Waals surface area contributed by atoms with E-state index in [0.29, 0.717) is 0 Å². The summed E-state index contributed by atoms with van der Waals surface area (Å²) in [4.78, 5) is 2.88. The smallest absolute Gasteiger partial charge is 0.0124 e. The van der Waals surface area contributed by atoms with Crippen molar-refractivity contribution in [3.05, 3.63) is 0 Å². The Hall–Kier alpha value is -0.0400. The second-order valence-corrected chi connectivity index (χ2v) is 8.25. The van der Waals surface area contributed by atoms with Crippen molar-refractivity contribution in [3.8, 4) is 0 Å². The number of hydrogen-bond acceptors (Lipinski definition) is 1. The summed E-state index contributed by atoms with van der Waals surface area (Å²) in [5, 5.41) is 0. The fourth-order valence-corrected chi connectivity index (χ4v) is 5.69. The van der Waals surface area contributed by atoms with E-state index < -0.39 is 0 Å². The van der Waals surface area contributed by atoms with E-state index in [1.54, 1.807) is 6.42 Å². The fraction of sp³-hybridized carbons (Fsp3) is 1.00. The highest BCUT2D eigenvalue weighted by molar-refractivity contribution is 4.93. The summed E-state index contributed by atoms with van der Waals surface area (Å²) in [5.74, 6) is 2.05.